The molecule has 0 heterocycles. The molecule has 0 radical (unpaired) electrons. The maximum absolute atomic E-state index is 13.8. The molecule has 25 heavy (non-hydrogen) atoms. The molecular weight excluding hydrogens is 450 g/mol. The summed E-state index contributed by atoms with van der Waals surface area (Å²) in [6, 6.07) is 10.6. The molecule has 5 nitrogen and oxygen atoms in total. The van der Waals surface area contributed by atoms with Crippen molar-refractivity contribution in [1.82, 2.24) is 0 Å². The van der Waals surface area contributed by atoms with Crippen molar-refractivity contribution in [2.75, 3.05) is 12.4 Å². The number of anilines is 1. The summed E-state index contributed by atoms with van der Waals surface area (Å²) in [5.74, 6) is -0.363. The molecule has 0 amide bonds. The Labute approximate surface area is 160 Å². The van der Waals surface area contributed by atoms with Crippen molar-refractivity contribution in [2.24, 2.45) is 10.7 Å². The zero-order chi connectivity index (χ0) is 17.5. The molecule has 0 bridgehead atoms. The lowest BCUT2D eigenvalue weighted by Gasteiger charge is -2.11. The van der Waals surface area contributed by atoms with Crippen LogP contribution in [0.15, 0.2) is 47.5 Å². The normalized spacial score (nSPS) is 11.0. The van der Waals surface area contributed by atoms with Crippen LogP contribution in [0.25, 0.3) is 0 Å². The van der Waals surface area contributed by atoms with Crippen LogP contribution in [-0.4, -0.2) is 19.7 Å². The number of guanidine groups is 1. The number of nitrogens with zero attached hydrogens (tertiary/aromatic N) is 1. The van der Waals surface area contributed by atoms with Gasteiger partial charge in [-0.3, -0.25) is 0 Å². The summed E-state index contributed by atoms with van der Waals surface area (Å²) < 4.78 is 47.9. The Hall–Kier alpha value is -2.17. The molecule has 0 aliphatic carbocycles. The quantitative estimate of drug-likeness (QED) is 0.383. The average molecular weight is 467 g/mol. The van der Waals surface area contributed by atoms with Gasteiger partial charge >= 0.3 is 6.61 Å². The van der Waals surface area contributed by atoms with Gasteiger partial charge in [-0.05, 0) is 24.3 Å². The van der Waals surface area contributed by atoms with E-state index in [0.717, 1.165) is 6.07 Å². The minimum atomic E-state index is -3.05. The van der Waals surface area contributed by atoms with Crippen LogP contribution in [-0.2, 0) is 6.54 Å². The molecule has 0 unspecified atom stereocenters. The van der Waals surface area contributed by atoms with E-state index in [0.29, 0.717) is 11.4 Å². The molecule has 9 heteroatoms. The van der Waals surface area contributed by atoms with Gasteiger partial charge in [0.1, 0.15) is 17.3 Å². The maximum Gasteiger partial charge on any atom is 0.387 e. The number of methoxy groups -OCH3 is 1. The van der Waals surface area contributed by atoms with E-state index in [1.165, 1.54) is 19.2 Å². The van der Waals surface area contributed by atoms with Crippen molar-refractivity contribution in [3.05, 3.63) is 53.8 Å². The number of aliphatic imine (C=N–C) groups is 1. The summed E-state index contributed by atoms with van der Waals surface area (Å²) in [7, 11) is 1.53. The fourth-order valence-electron chi connectivity index (χ4n) is 1.95. The molecule has 2 aromatic rings. The van der Waals surface area contributed by atoms with Gasteiger partial charge in [-0.15, -0.1) is 24.0 Å². The lowest BCUT2D eigenvalue weighted by Crippen LogP contribution is -2.22. The van der Waals surface area contributed by atoms with E-state index < -0.39 is 12.4 Å². The van der Waals surface area contributed by atoms with Crippen LogP contribution in [0.4, 0.5) is 18.9 Å². The summed E-state index contributed by atoms with van der Waals surface area (Å²) in [4.78, 5) is 3.95. The highest BCUT2D eigenvalue weighted by atomic mass is 127. The SMILES string of the molecule is COc1cccc(NC(N)=NCc2c(F)cccc2OC(F)F)c1.I. The highest BCUT2D eigenvalue weighted by Crippen LogP contribution is 2.24. The van der Waals surface area contributed by atoms with E-state index in [2.05, 4.69) is 15.0 Å². The Morgan fingerprint density at radius 2 is 1.96 bits per heavy atom. The first kappa shape index (κ1) is 20.9. The van der Waals surface area contributed by atoms with Gasteiger partial charge in [-0.25, -0.2) is 9.38 Å². The molecule has 3 N–H and O–H groups in total. The molecule has 0 aliphatic heterocycles. The summed E-state index contributed by atoms with van der Waals surface area (Å²) in [6.45, 7) is -3.31. The predicted molar refractivity (Wildman–Crippen MR) is 100 cm³/mol. The van der Waals surface area contributed by atoms with Gasteiger partial charge in [0.25, 0.3) is 0 Å². The van der Waals surface area contributed by atoms with E-state index >= 15 is 0 Å². The fraction of sp³-hybridized carbons (Fsp3) is 0.188. The topological polar surface area (TPSA) is 68.9 Å². The van der Waals surface area contributed by atoms with Crippen LogP contribution in [0, 0.1) is 5.82 Å². The lowest BCUT2D eigenvalue weighted by molar-refractivity contribution is -0.0506. The number of rotatable bonds is 6. The van der Waals surface area contributed by atoms with Crippen LogP contribution in [0.3, 0.4) is 0 Å². The third-order valence-corrected chi connectivity index (χ3v) is 3.04. The molecule has 0 aromatic heterocycles. The zero-order valence-electron chi connectivity index (χ0n) is 13.2. The predicted octanol–water partition coefficient (Wildman–Crippen LogP) is 3.98. The summed E-state index contributed by atoms with van der Waals surface area (Å²) in [6.07, 6.45) is 0. The van der Waals surface area contributed by atoms with Gasteiger partial charge in [-0.2, -0.15) is 8.78 Å². The largest absolute Gasteiger partial charge is 0.497 e. The Bertz CT molecular complexity index is 730. The molecule has 0 atom stereocenters. The molecule has 2 aromatic carbocycles. The van der Waals surface area contributed by atoms with Crippen LogP contribution < -0.4 is 20.5 Å². The first-order chi connectivity index (χ1) is 11.5. The molecule has 2 rings (SSSR count). The number of nitrogens with two attached hydrogens (primary N) is 1. The van der Waals surface area contributed by atoms with Gasteiger partial charge in [0, 0.05) is 11.8 Å². The average Bonchev–Trinajstić information content (AvgIpc) is 2.54. The molecular formula is C16H17F3IN3O2. The molecule has 0 saturated heterocycles. The maximum atomic E-state index is 13.8. The molecule has 0 spiro atoms. The Morgan fingerprint density at radius 1 is 1.24 bits per heavy atom. The van der Waals surface area contributed by atoms with Gasteiger partial charge < -0.3 is 20.5 Å². The Kier molecular flexibility index (Phi) is 8.32. The van der Waals surface area contributed by atoms with Crippen molar-refractivity contribution in [1.29, 1.82) is 0 Å². The van der Waals surface area contributed by atoms with Crippen LogP contribution >= 0.6 is 24.0 Å². The fourth-order valence-corrected chi connectivity index (χ4v) is 1.95. The standard InChI is InChI=1S/C16H16F3N3O2.HI/c1-23-11-5-2-4-10(8-11)22-16(20)21-9-12-13(17)6-3-7-14(12)24-15(18)19;/h2-8,15H,9H2,1H3,(H3,20,21,22);1H. The van der Waals surface area contributed by atoms with Gasteiger partial charge in [0.2, 0.25) is 0 Å². The zero-order valence-corrected chi connectivity index (χ0v) is 15.5. The highest BCUT2D eigenvalue weighted by molar-refractivity contribution is 14.0. The molecule has 0 saturated carbocycles. The number of alkyl halides is 2. The number of hydrogen-bond acceptors (Lipinski definition) is 3. The minimum absolute atomic E-state index is 0. The second kappa shape index (κ2) is 9.97. The molecule has 0 fully saturated rings. The van der Waals surface area contributed by atoms with Gasteiger partial charge in [0.05, 0.1) is 19.2 Å². The number of nitrogens with one attached hydrogen (secondary N) is 1. The third kappa shape index (κ3) is 6.33. The van der Waals surface area contributed by atoms with Crippen LogP contribution in [0.1, 0.15) is 5.56 Å². The van der Waals surface area contributed by atoms with E-state index in [-0.39, 0.29) is 47.8 Å². The van der Waals surface area contributed by atoms with Gasteiger partial charge in [0.15, 0.2) is 5.96 Å². The summed E-state index contributed by atoms with van der Waals surface area (Å²) in [5.41, 5.74) is 6.25. The number of benzene rings is 2. The van der Waals surface area contributed by atoms with Crippen molar-refractivity contribution >= 4 is 35.6 Å². The van der Waals surface area contributed by atoms with E-state index in [1.807, 2.05) is 0 Å². The van der Waals surface area contributed by atoms with Crippen molar-refractivity contribution in [3.63, 3.8) is 0 Å². The van der Waals surface area contributed by atoms with Crippen LogP contribution in [0.5, 0.6) is 11.5 Å². The molecule has 136 valence electrons. The summed E-state index contributed by atoms with van der Waals surface area (Å²) in [5, 5.41) is 2.80. The number of hydrogen-bond donors (Lipinski definition) is 2. The minimum Gasteiger partial charge on any atom is -0.497 e. The van der Waals surface area contributed by atoms with E-state index in [4.69, 9.17) is 10.5 Å². The monoisotopic (exact) mass is 467 g/mol. The van der Waals surface area contributed by atoms with E-state index in [9.17, 15) is 13.2 Å². The van der Waals surface area contributed by atoms with Crippen molar-refractivity contribution < 1.29 is 22.6 Å². The first-order valence-electron chi connectivity index (χ1n) is 6.93. The highest BCUT2D eigenvalue weighted by Gasteiger charge is 2.13. The lowest BCUT2D eigenvalue weighted by atomic mass is 10.2. The smallest absolute Gasteiger partial charge is 0.387 e. The third-order valence-electron chi connectivity index (χ3n) is 3.04. The number of ether oxygens (including phenoxy) is 2. The summed E-state index contributed by atoms with van der Waals surface area (Å²) >= 11 is 0. The second-order valence-corrected chi connectivity index (χ2v) is 4.65. The first-order valence-corrected chi connectivity index (χ1v) is 6.93. The molecule has 0 aliphatic rings. The van der Waals surface area contributed by atoms with Crippen molar-refractivity contribution in [2.45, 2.75) is 13.2 Å². The van der Waals surface area contributed by atoms with Crippen molar-refractivity contribution in [3.8, 4) is 11.5 Å². The number of halogens is 4. The second-order valence-electron chi connectivity index (χ2n) is 4.65. The van der Waals surface area contributed by atoms with Crippen LogP contribution in [0.2, 0.25) is 0 Å². The Morgan fingerprint density at radius 3 is 2.64 bits per heavy atom. The Balaban J connectivity index is 0.00000312. The van der Waals surface area contributed by atoms with E-state index in [1.54, 1.807) is 24.3 Å². The van der Waals surface area contributed by atoms with Gasteiger partial charge in [-0.1, -0.05) is 12.1 Å².